The second-order valence-corrected chi connectivity index (χ2v) is 7.18. The molecule has 0 saturated carbocycles. The topological polar surface area (TPSA) is 142 Å². The van der Waals surface area contributed by atoms with Crippen molar-refractivity contribution in [2.24, 2.45) is 0 Å². The van der Waals surface area contributed by atoms with Gasteiger partial charge in [0.15, 0.2) is 11.3 Å². The van der Waals surface area contributed by atoms with Gasteiger partial charge in [-0.2, -0.15) is 0 Å². The Morgan fingerprint density at radius 3 is 2.40 bits per heavy atom. The van der Waals surface area contributed by atoms with Crippen LogP contribution < -0.4 is 5.44 Å². The number of rotatable bonds is 4. The highest BCUT2D eigenvalue weighted by Gasteiger charge is 2.34. The van der Waals surface area contributed by atoms with Gasteiger partial charge < -0.3 is 24.3 Å². The van der Waals surface area contributed by atoms with Crippen molar-refractivity contribution >= 4 is 26.3 Å². The van der Waals surface area contributed by atoms with Gasteiger partial charge in [0.2, 0.25) is 0 Å². The minimum Gasteiger partial charge on any atom is -0.363 e. The van der Waals surface area contributed by atoms with Crippen LogP contribution in [-0.4, -0.2) is 36.1 Å². The molecule has 0 aliphatic heterocycles. The fourth-order valence-electron chi connectivity index (χ4n) is 1.87. The van der Waals surface area contributed by atoms with Crippen LogP contribution in [0.2, 0.25) is 0 Å². The lowest BCUT2D eigenvalue weighted by Crippen LogP contribution is -2.17. The highest BCUT2D eigenvalue weighted by molar-refractivity contribution is 7.60. The van der Waals surface area contributed by atoms with Gasteiger partial charge >= 0.3 is 15.2 Å². The van der Waals surface area contributed by atoms with Crippen LogP contribution >= 0.6 is 15.2 Å². The van der Waals surface area contributed by atoms with Gasteiger partial charge in [0.05, 0.1) is 11.9 Å². The van der Waals surface area contributed by atoms with Crippen molar-refractivity contribution in [2.45, 2.75) is 5.85 Å². The van der Waals surface area contributed by atoms with Gasteiger partial charge in [0, 0.05) is 7.11 Å². The smallest absolute Gasteiger partial charge is 0.363 e. The molecular weight excluding hydrogens is 310 g/mol. The second-order valence-electron chi connectivity index (χ2n) is 3.98. The minimum absolute atomic E-state index is 0.0887. The Labute approximate surface area is 113 Å². The maximum atomic E-state index is 11.4. The van der Waals surface area contributed by atoms with E-state index >= 15 is 0 Å². The lowest BCUT2D eigenvalue weighted by molar-refractivity contribution is 0.133. The Kier molecular flexibility index (Phi) is 3.88. The number of ether oxygens (including phenoxy) is 1. The van der Waals surface area contributed by atoms with Gasteiger partial charge in [-0.25, -0.2) is 4.98 Å². The number of fused-ring (bicyclic) bond motifs is 1. The van der Waals surface area contributed by atoms with Crippen LogP contribution in [0.5, 0.6) is 0 Å². The molecule has 2 aromatic heterocycles. The van der Waals surface area contributed by atoms with Gasteiger partial charge in [0.1, 0.15) is 5.65 Å². The Morgan fingerprint density at radius 2 is 1.90 bits per heavy atom. The zero-order valence-electron chi connectivity index (χ0n) is 10.2. The summed E-state index contributed by atoms with van der Waals surface area (Å²) in [6.07, 6.45) is 0.964. The molecule has 1 atom stereocenters. The number of aromatic nitrogens is 2. The predicted octanol–water partition coefficient (Wildman–Crippen LogP) is -0.0400. The molecule has 0 aliphatic carbocycles. The summed E-state index contributed by atoms with van der Waals surface area (Å²) in [4.78, 5) is 40.9. The molecule has 1 unspecified atom stereocenters. The van der Waals surface area contributed by atoms with Crippen molar-refractivity contribution in [3.8, 4) is 0 Å². The van der Waals surface area contributed by atoms with E-state index in [0.29, 0.717) is 0 Å². The monoisotopic (exact) mass is 322 g/mol. The molecule has 4 N–H and O–H groups in total. The van der Waals surface area contributed by atoms with E-state index in [1.165, 1.54) is 18.2 Å². The molecule has 11 heteroatoms. The van der Waals surface area contributed by atoms with Gasteiger partial charge in [-0.05, 0) is 12.1 Å². The zero-order valence-corrected chi connectivity index (χ0v) is 12.0. The maximum absolute atomic E-state index is 11.4. The van der Waals surface area contributed by atoms with Crippen LogP contribution in [0.4, 0.5) is 0 Å². The molecule has 0 radical (unpaired) electrons. The molecule has 0 fully saturated rings. The summed E-state index contributed by atoms with van der Waals surface area (Å²) in [7, 11) is -8.23. The van der Waals surface area contributed by atoms with E-state index in [4.69, 9.17) is 4.74 Å². The molecule has 2 aromatic rings. The van der Waals surface area contributed by atoms with E-state index < -0.39 is 26.5 Å². The highest BCUT2D eigenvalue weighted by atomic mass is 31.2. The van der Waals surface area contributed by atoms with Crippen LogP contribution in [0.15, 0.2) is 24.4 Å². The summed E-state index contributed by atoms with van der Waals surface area (Å²) >= 11 is 0. The summed E-state index contributed by atoms with van der Waals surface area (Å²) in [5, 5.41) is 0. The third-order valence-corrected chi connectivity index (χ3v) is 4.62. The van der Waals surface area contributed by atoms with Crippen molar-refractivity contribution in [2.75, 3.05) is 7.11 Å². The number of hydrogen-bond acceptors (Lipinski definition) is 4. The summed E-state index contributed by atoms with van der Waals surface area (Å²) < 4.78 is 28.6. The lowest BCUT2D eigenvalue weighted by atomic mass is 10.3. The molecule has 0 bridgehead atoms. The average molecular weight is 322 g/mol. The molecule has 2 rings (SSSR count). The van der Waals surface area contributed by atoms with Crippen LogP contribution in [0.1, 0.15) is 11.5 Å². The Balaban J connectivity index is 2.80. The highest BCUT2D eigenvalue weighted by Crippen LogP contribution is 2.52. The first kappa shape index (κ1) is 15.3. The molecule has 20 heavy (non-hydrogen) atoms. The van der Waals surface area contributed by atoms with Crippen molar-refractivity contribution in [3.63, 3.8) is 0 Å². The molecule has 0 aromatic carbocycles. The van der Waals surface area contributed by atoms with Gasteiger partial charge in [-0.15, -0.1) is 0 Å². The number of methoxy groups -OCH3 is 1. The Morgan fingerprint density at radius 1 is 1.25 bits per heavy atom. The summed E-state index contributed by atoms with van der Waals surface area (Å²) in [6, 6.07) is 4.22. The largest absolute Gasteiger partial charge is 0.374 e. The predicted molar refractivity (Wildman–Crippen MR) is 68.7 cm³/mol. The summed E-state index contributed by atoms with van der Waals surface area (Å²) in [5.41, 5.74) is -0.399. The van der Waals surface area contributed by atoms with Gasteiger partial charge in [0.25, 0.3) is 0 Å². The van der Waals surface area contributed by atoms with Crippen LogP contribution in [-0.2, 0) is 13.9 Å². The average Bonchev–Trinajstić information content (AvgIpc) is 2.72. The van der Waals surface area contributed by atoms with Crippen molar-refractivity contribution in [1.29, 1.82) is 0 Å². The summed E-state index contributed by atoms with van der Waals surface area (Å²) in [6.45, 7) is 0. The molecule has 110 valence electrons. The molecule has 0 aliphatic rings. The van der Waals surface area contributed by atoms with Crippen molar-refractivity contribution < 1.29 is 33.4 Å². The zero-order chi connectivity index (χ0) is 15.1. The quantitative estimate of drug-likeness (QED) is 0.574. The Bertz CT molecular complexity index is 731. The van der Waals surface area contributed by atoms with E-state index in [0.717, 1.165) is 17.7 Å². The van der Waals surface area contributed by atoms with Gasteiger partial charge in [-0.1, -0.05) is 6.07 Å². The first-order valence-corrected chi connectivity index (χ1v) is 8.56. The number of hydrogen-bond donors (Lipinski definition) is 4. The van der Waals surface area contributed by atoms with E-state index in [2.05, 4.69) is 4.98 Å². The van der Waals surface area contributed by atoms with E-state index in [-0.39, 0.29) is 11.3 Å². The van der Waals surface area contributed by atoms with E-state index in [1.54, 1.807) is 0 Å². The SMILES string of the molecule is COC(c1cccc2ncc(P(=O)(O)O)n12)P(=O)(O)O. The van der Waals surface area contributed by atoms with Crippen LogP contribution in [0.25, 0.3) is 5.65 Å². The third kappa shape index (κ3) is 2.70. The fourth-order valence-corrected chi connectivity index (χ4v) is 3.38. The van der Waals surface area contributed by atoms with E-state index in [9.17, 15) is 28.7 Å². The first-order valence-electron chi connectivity index (χ1n) is 5.26. The molecule has 0 saturated heterocycles. The fraction of sp³-hybridized carbons (Fsp3) is 0.222. The van der Waals surface area contributed by atoms with Crippen molar-refractivity contribution in [3.05, 3.63) is 30.1 Å². The third-order valence-electron chi connectivity index (χ3n) is 2.62. The standard InChI is InChI=1S/C9H12N2O7P2/c1-18-9(20(15,16)17)6-3-2-4-7-10-5-8(11(6)7)19(12,13)14/h2-5,9H,1H3,(H2,12,13,14)(H2,15,16,17). The Hall–Kier alpha value is -1.05. The lowest BCUT2D eigenvalue weighted by Gasteiger charge is -2.19. The molecule has 9 nitrogen and oxygen atoms in total. The minimum atomic E-state index is -4.67. The van der Waals surface area contributed by atoms with Gasteiger partial charge in [-0.3, -0.25) is 13.5 Å². The van der Waals surface area contributed by atoms with Crippen LogP contribution in [0, 0.1) is 0 Å². The molecule has 2 heterocycles. The van der Waals surface area contributed by atoms with Crippen molar-refractivity contribution in [1.82, 2.24) is 9.38 Å². The van der Waals surface area contributed by atoms with Crippen LogP contribution in [0.3, 0.4) is 0 Å². The number of nitrogens with zero attached hydrogens (tertiary/aromatic N) is 2. The molecular formula is C9H12N2O7P2. The molecule has 0 spiro atoms. The number of pyridine rings is 1. The first-order chi connectivity index (χ1) is 9.16. The van der Waals surface area contributed by atoms with E-state index in [1.807, 2.05) is 0 Å². The summed E-state index contributed by atoms with van der Waals surface area (Å²) in [5.74, 6) is -1.65. The molecule has 0 amide bonds. The second kappa shape index (κ2) is 5.05. The number of imidazole rings is 1. The normalized spacial score (nSPS) is 14.7. The maximum Gasteiger partial charge on any atom is 0.374 e.